The second-order valence-electron chi connectivity index (χ2n) is 6.43. The Hall–Kier alpha value is -1.89. The van der Waals surface area contributed by atoms with Crippen LogP contribution in [0.3, 0.4) is 0 Å². The molecule has 3 amide bonds. The molecule has 2 fully saturated rings. The van der Waals surface area contributed by atoms with Crippen LogP contribution in [0.15, 0.2) is 30.3 Å². The summed E-state index contributed by atoms with van der Waals surface area (Å²) < 4.78 is 23.0. The van der Waals surface area contributed by atoms with E-state index < -0.39 is 21.4 Å². The molecule has 0 spiro atoms. The number of carbonyl (C=O) groups excluding carboxylic acids is 2. The Morgan fingerprint density at radius 3 is 2.39 bits per heavy atom. The van der Waals surface area contributed by atoms with E-state index in [-0.39, 0.29) is 29.9 Å². The van der Waals surface area contributed by atoms with Gasteiger partial charge in [0.05, 0.1) is 11.5 Å². The molecule has 1 N–H and O–H groups in total. The number of amides is 3. The van der Waals surface area contributed by atoms with Gasteiger partial charge in [0.2, 0.25) is 0 Å². The SMILES string of the molecule is C[C@@]1(c2ccccc2)NC(=O)N(CC2CCS(=O)(=O)CC2)C1=O. The molecule has 0 aliphatic carbocycles. The summed E-state index contributed by atoms with van der Waals surface area (Å²) >= 11 is 0. The van der Waals surface area contributed by atoms with Crippen molar-refractivity contribution in [2.24, 2.45) is 5.92 Å². The van der Waals surface area contributed by atoms with Crippen molar-refractivity contribution in [3.8, 4) is 0 Å². The molecule has 1 aromatic rings. The van der Waals surface area contributed by atoms with Gasteiger partial charge in [0.1, 0.15) is 15.4 Å². The van der Waals surface area contributed by atoms with Crippen LogP contribution >= 0.6 is 0 Å². The highest BCUT2D eigenvalue weighted by molar-refractivity contribution is 7.91. The van der Waals surface area contributed by atoms with Crippen molar-refractivity contribution >= 4 is 21.8 Å². The summed E-state index contributed by atoms with van der Waals surface area (Å²) in [5.41, 5.74) is -0.314. The molecule has 2 aliphatic rings. The average molecular weight is 336 g/mol. The first-order valence-electron chi connectivity index (χ1n) is 7.72. The molecule has 0 bridgehead atoms. The average Bonchev–Trinajstić information content (AvgIpc) is 2.74. The number of nitrogens with zero attached hydrogens (tertiary/aromatic N) is 1. The molecule has 2 saturated heterocycles. The summed E-state index contributed by atoms with van der Waals surface area (Å²) in [6.45, 7) is 1.98. The maximum Gasteiger partial charge on any atom is 0.325 e. The molecule has 0 aromatic heterocycles. The lowest BCUT2D eigenvalue weighted by Crippen LogP contribution is -2.42. The molecule has 2 heterocycles. The van der Waals surface area contributed by atoms with Gasteiger partial charge in [0.25, 0.3) is 5.91 Å². The number of rotatable bonds is 3. The Balaban J connectivity index is 1.75. The highest BCUT2D eigenvalue weighted by atomic mass is 32.2. The van der Waals surface area contributed by atoms with Crippen LogP contribution in [0.2, 0.25) is 0 Å². The van der Waals surface area contributed by atoms with Crippen molar-refractivity contribution in [2.45, 2.75) is 25.3 Å². The summed E-state index contributed by atoms with van der Waals surface area (Å²) in [6.07, 6.45) is 1.00. The molecule has 1 atom stereocenters. The zero-order valence-electron chi connectivity index (χ0n) is 13.0. The number of hydrogen-bond donors (Lipinski definition) is 1. The predicted octanol–water partition coefficient (Wildman–Crippen LogP) is 1.28. The number of nitrogens with one attached hydrogen (secondary N) is 1. The van der Waals surface area contributed by atoms with Crippen molar-refractivity contribution < 1.29 is 18.0 Å². The van der Waals surface area contributed by atoms with Gasteiger partial charge in [0, 0.05) is 6.54 Å². The van der Waals surface area contributed by atoms with Crippen molar-refractivity contribution in [1.29, 1.82) is 0 Å². The van der Waals surface area contributed by atoms with Crippen LogP contribution in [-0.4, -0.2) is 43.3 Å². The Morgan fingerprint density at radius 2 is 1.78 bits per heavy atom. The zero-order valence-corrected chi connectivity index (χ0v) is 13.8. The van der Waals surface area contributed by atoms with Crippen LogP contribution in [0, 0.1) is 5.92 Å². The topological polar surface area (TPSA) is 83.6 Å². The van der Waals surface area contributed by atoms with Gasteiger partial charge in [-0.1, -0.05) is 30.3 Å². The highest BCUT2D eigenvalue weighted by Crippen LogP contribution is 2.30. The van der Waals surface area contributed by atoms with Crippen LogP contribution in [0.25, 0.3) is 0 Å². The standard InChI is InChI=1S/C16H20N2O4S/c1-16(13-5-3-2-4-6-13)14(19)18(15(20)17-16)11-12-7-9-23(21,22)10-8-12/h2-6,12H,7-11H2,1H3,(H,17,20)/t16-/m0/s1. The highest BCUT2D eigenvalue weighted by Gasteiger charge is 2.49. The van der Waals surface area contributed by atoms with E-state index in [2.05, 4.69) is 5.32 Å². The number of imide groups is 1. The third-order valence-electron chi connectivity index (χ3n) is 4.74. The monoisotopic (exact) mass is 336 g/mol. The van der Waals surface area contributed by atoms with E-state index in [1.54, 1.807) is 6.92 Å². The minimum Gasteiger partial charge on any atom is -0.319 e. The Bertz CT molecular complexity index is 718. The summed E-state index contributed by atoms with van der Waals surface area (Å²) in [5.74, 6) is 0.0441. The third-order valence-corrected chi connectivity index (χ3v) is 6.46. The first-order chi connectivity index (χ1) is 10.8. The zero-order chi connectivity index (χ0) is 16.7. The molecule has 6 nitrogen and oxygen atoms in total. The largest absolute Gasteiger partial charge is 0.325 e. The van der Waals surface area contributed by atoms with Crippen molar-refractivity contribution in [2.75, 3.05) is 18.1 Å². The predicted molar refractivity (Wildman–Crippen MR) is 85.4 cm³/mol. The fraction of sp³-hybridized carbons (Fsp3) is 0.500. The number of sulfone groups is 1. The molecule has 23 heavy (non-hydrogen) atoms. The number of benzene rings is 1. The van der Waals surface area contributed by atoms with Gasteiger partial charge in [-0.15, -0.1) is 0 Å². The molecule has 0 radical (unpaired) electrons. The summed E-state index contributed by atoms with van der Waals surface area (Å²) in [7, 11) is -2.95. The lowest BCUT2D eigenvalue weighted by molar-refractivity contribution is -0.131. The van der Waals surface area contributed by atoms with Crippen molar-refractivity contribution in [1.82, 2.24) is 10.2 Å². The van der Waals surface area contributed by atoms with Crippen LogP contribution in [0.5, 0.6) is 0 Å². The Labute approximate surface area is 135 Å². The van der Waals surface area contributed by atoms with E-state index >= 15 is 0 Å². The third kappa shape index (κ3) is 2.97. The summed E-state index contributed by atoms with van der Waals surface area (Å²) in [6, 6.07) is 8.73. The van der Waals surface area contributed by atoms with Gasteiger partial charge in [0.15, 0.2) is 0 Å². The van der Waals surface area contributed by atoms with E-state index in [4.69, 9.17) is 0 Å². The van der Waals surface area contributed by atoms with Gasteiger partial charge >= 0.3 is 6.03 Å². The molecule has 0 saturated carbocycles. The molecular weight excluding hydrogens is 316 g/mol. The Morgan fingerprint density at radius 1 is 1.17 bits per heavy atom. The minimum absolute atomic E-state index is 0.0475. The molecule has 124 valence electrons. The molecule has 2 aliphatic heterocycles. The van der Waals surface area contributed by atoms with Crippen molar-refractivity contribution in [3.05, 3.63) is 35.9 Å². The van der Waals surface area contributed by atoms with Gasteiger partial charge in [-0.2, -0.15) is 0 Å². The fourth-order valence-corrected chi connectivity index (χ4v) is 4.80. The normalized spacial score (nSPS) is 28.0. The number of hydrogen-bond acceptors (Lipinski definition) is 4. The fourth-order valence-electron chi connectivity index (χ4n) is 3.21. The molecule has 0 unspecified atom stereocenters. The molecule has 3 rings (SSSR count). The lowest BCUT2D eigenvalue weighted by atomic mass is 9.92. The van der Waals surface area contributed by atoms with Crippen LogP contribution in [-0.2, 0) is 20.2 Å². The van der Waals surface area contributed by atoms with E-state index in [0.717, 1.165) is 5.56 Å². The van der Waals surface area contributed by atoms with E-state index in [1.165, 1.54) is 4.90 Å². The van der Waals surface area contributed by atoms with Crippen LogP contribution in [0.1, 0.15) is 25.3 Å². The summed E-state index contributed by atoms with van der Waals surface area (Å²) in [4.78, 5) is 26.2. The van der Waals surface area contributed by atoms with Gasteiger partial charge in [-0.25, -0.2) is 13.2 Å². The minimum atomic E-state index is -2.95. The first-order valence-corrected chi connectivity index (χ1v) is 9.54. The second-order valence-corrected chi connectivity index (χ2v) is 8.74. The van der Waals surface area contributed by atoms with Gasteiger partial charge in [-0.3, -0.25) is 9.69 Å². The first kappa shape index (κ1) is 16.0. The second kappa shape index (κ2) is 5.63. The van der Waals surface area contributed by atoms with E-state index in [9.17, 15) is 18.0 Å². The van der Waals surface area contributed by atoms with Gasteiger partial charge in [-0.05, 0) is 31.2 Å². The maximum absolute atomic E-state index is 12.8. The molecule has 1 aromatic carbocycles. The van der Waals surface area contributed by atoms with Crippen molar-refractivity contribution in [3.63, 3.8) is 0 Å². The Kier molecular flexibility index (Phi) is 3.91. The lowest BCUT2D eigenvalue weighted by Gasteiger charge is -2.26. The molecular formula is C16H20N2O4S. The quantitative estimate of drug-likeness (QED) is 0.843. The summed E-state index contributed by atoms with van der Waals surface area (Å²) in [5, 5.41) is 2.77. The number of carbonyl (C=O) groups is 2. The van der Waals surface area contributed by atoms with Gasteiger partial charge < -0.3 is 5.32 Å². The van der Waals surface area contributed by atoms with Crippen LogP contribution in [0.4, 0.5) is 4.79 Å². The smallest absolute Gasteiger partial charge is 0.319 e. The molecule has 7 heteroatoms. The van der Waals surface area contributed by atoms with E-state index in [1.807, 2.05) is 30.3 Å². The van der Waals surface area contributed by atoms with E-state index in [0.29, 0.717) is 12.8 Å². The number of urea groups is 1. The van der Waals surface area contributed by atoms with Crippen LogP contribution < -0.4 is 5.32 Å². The maximum atomic E-state index is 12.8.